The van der Waals surface area contributed by atoms with Crippen LogP contribution in [-0.2, 0) is 11.2 Å². The van der Waals surface area contributed by atoms with Gasteiger partial charge >= 0.3 is 12.0 Å². The first-order chi connectivity index (χ1) is 12.6. The lowest BCUT2D eigenvalue weighted by molar-refractivity contribution is -0.115. The number of anilines is 1. The van der Waals surface area contributed by atoms with Crippen molar-refractivity contribution >= 4 is 17.6 Å². The molecule has 2 aromatic carbocycles. The van der Waals surface area contributed by atoms with Crippen LogP contribution in [0.2, 0.25) is 0 Å². The minimum absolute atomic E-state index is 0.0463. The van der Waals surface area contributed by atoms with Crippen molar-refractivity contribution in [3.05, 3.63) is 78.1 Å². The van der Waals surface area contributed by atoms with Gasteiger partial charge in [-0.05, 0) is 29.8 Å². The van der Waals surface area contributed by atoms with Gasteiger partial charge in [-0.3, -0.25) is 4.79 Å². The van der Waals surface area contributed by atoms with Gasteiger partial charge in [0.15, 0.2) is 0 Å². The Morgan fingerprint density at radius 3 is 2.54 bits per heavy atom. The Kier molecular flexibility index (Phi) is 5.19. The van der Waals surface area contributed by atoms with E-state index in [1.807, 2.05) is 0 Å². The number of rotatable bonds is 6. The van der Waals surface area contributed by atoms with Crippen molar-refractivity contribution < 1.29 is 19.4 Å². The van der Waals surface area contributed by atoms with Gasteiger partial charge in [-0.1, -0.05) is 24.3 Å². The van der Waals surface area contributed by atoms with Gasteiger partial charge in [-0.25, -0.2) is 14.8 Å². The van der Waals surface area contributed by atoms with Crippen molar-refractivity contribution in [3.63, 3.8) is 0 Å². The fourth-order valence-corrected chi connectivity index (χ4v) is 2.34. The van der Waals surface area contributed by atoms with Crippen LogP contribution in [0.15, 0.2) is 67.0 Å². The van der Waals surface area contributed by atoms with Crippen molar-refractivity contribution in [1.29, 1.82) is 0 Å². The van der Waals surface area contributed by atoms with E-state index in [1.54, 1.807) is 60.9 Å². The number of carboxylic acids is 1. The number of nitrogens with zero attached hydrogens (tertiary/aromatic N) is 2. The van der Waals surface area contributed by atoms with Crippen LogP contribution >= 0.6 is 0 Å². The number of hydrogen-bond acceptors (Lipinski definition) is 5. The van der Waals surface area contributed by atoms with E-state index in [4.69, 9.17) is 4.74 Å². The summed E-state index contributed by atoms with van der Waals surface area (Å²) in [5.74, 6) is -0.918. The summed E-state index contributed by atoms with van der Waals surface area (Å²) in [5, 5.41) is 11.9. The average molecular weight is 349 g/mol. The van der Waals surface area contributed by atoms with Gasteiger partial charge in [0.1, 0.15) is 5.75 Å². The number of benzene rings is 2. The molecular formula is C19H15N3O4. The number of carbonyl (C=O) groups excluding carboxylic acids is 1. The van der Waals surface area contributed by atoms with E-state index in [-0.39, 0.29) is 23.9 Å². The lowest BCUT2D eigenvalue weighted by Gasteiger charge is -2.09. The summed E-state index contributed by atoms with van der Waals surface area (Å²) in [6.45, 7) is 0. The monoisotopic (exact) mass is 349 g/mol. The quantitative estimate of drug-likeness (QED) is 0.709. The molecule has 0 spiro atoms. The first kappa shape index (κ1) is 17.1. The van der Waals surface area contributed by atoms with Crippen LogP contribution in [0.5, 0.6) is 11.8 Å². The number of ether oxygens (including phenoxy) is 1. The minimum Gasteiger partial charge on any atom is -0.478 e. The summed E-state index contributed by atoms with van der Waals surface area (Å²) < 4.78 is 5.52. The molecule has 1 amide bonds. The molecule has 0 saturated heterocycles. The Morgan fingerprint density at radius 1 is 1.00 bits per heavy atom. The van der Waals surface area contributed by atoms with Crippen molar-refractivity contribution in [3.8, 4) is 11.8 Å². The molecule has 0 radical (unpaired) electrons. The van der Waals surface area contributed by atoms with E-state index in [9.17, 15) is 14.7 Å². The van der Waals surface area contributed by atoms with E-state index < -0.39 is 5.97 Å². The summed E-state index contributed by atoms with van der Waals surface area (Å²) in [7, 11) is 0. The molecule has 7 heteroatoms. The number of aromatic nitrogens is 2. The molecule has 2 N–H and O–H groups in total. The van der Waals surface area contributed by atoms with Crippen LogP contribution < -0.4 is 10.1 Å². The Morgan fingerprint density at radius 2 is 1.77 bits per heavy atom. The molecule has 7 nitrogen and oxygen atoms in total. The van der Waals surface area contributed by atoms with Crippen molar-refractivity contribution in [1.82, 2.24) is 9.97 Å². The molecule has 0 saturated carbocycles. The molecule has 0 bridgehead atoms. The third kappa shape index (κ3) is 4.41. The van der Waals surface area contributed by atoms with Crippen molar-refractivity contribution in [2.75, 3.05) is 5.32 Å². The normalized spacial score (nSPS) is 10.2. The SMILES string of the molecule is O=C(Cc1ccccc1C(=O)O)Nc1cccc(Oc2ncccn2)c1. The summed E-state index contributed by atoms with van der Waals surface area (Å²) in [5.41, 5.74) is 1.08. The molecule has 0 aliphatic carbocycles. The maximum Gasteiger partial charge on any atom is 0.335 e. The predicted octanol–water partition coefficient (Wildman–Crippen LogP) is 3.15. The summed E-state index contributed by atoms with van der Waals surface area (Å²) in [6, 6.07) is 15.1. The maximum atomic E-state index is 12.3. The van der Waals surface area contributed by atoms with Crippen LogP contribution in [0.3, 0.4) is 0 Å². The van der Waals surface area contributed by atoms with Crippen LogP contribution in [0.1, 0.15) is 15.9 Å². The van der Waals surface area contributed by atoms with Crippen LogP contribution in [-0.4, -0.2) is 27.0 Å². The number of nitrogens with one attached hydrogen (secondary N) is 1. The molecule has 0 aliphatic rings. The molecular weight excluding hydrogens is 334 g/mol. The standard InChI is InChI=1S/C19H15N3O4/c23-17(11-13-5-1-2-8-16(13)18(24)25)22-14-6-3-7-15(12-14)26-19-20-9-4-10-21-19/h1-10,12H,11H2,(H,22,23)(H,24,25). The van der Waals surface area contributed by atoms with Gasteiger partial charge in [-0.15, -0.1) is 0 Å². The van der Waals surface area contributed by atoms with Gasteiger partial charge < -0.3 is 15.2 Å². The topological polar surface area (TPSA) is 101 Å². The number of carboxylic acid groups (broad SMARTS) is 1. The van der Waals surface area contributed by atoms with Crippen molar-refractivity contribution in [2.45, 2.75) is 6.42 Å². The Bertz CT molecular complexity index is 929. The van der Waals surface area contributed by atoms with E-state index in [1.165, 1.54) is 6.07 Å². The number of carbonyl (C=O) groups is 2. The largest absolute Gasteiger partial charge is 0.478 e. The smallest absolute Gasteiger partial charge is 0.335 e. The molecule has 130 valence electrons. The molecule has 0 aliphatic heterocycles. The lowest BCUT2D eigenvalue weighted by Crippen LogP contribution is -2.16. The van der Waals surface area contributed by atoms with E-state index in [2.05, 4.69) is 15.3 Å². The lowest BCUT2D eigenvalue weighted by atomic mass is 10.0. The summed E-state index contributed by atoms with van der Waals surface area (Å²) in [6.07, 6.45) is 3.08. The number of amides is 1. The average Bonchev–Trinajstić information content (AvgIpc) is 2.63. The highest BCUT2D eigenvalue weighted by molar-refractivity contribution is 5.96. The fourth-order valence-electron chi connectivity index (χ4n) is 2.34. The molecule has 0 fully saturated rings. The maximum absolute atomic E-state index is 12.3. The second-order valence-electron chi connectivity index (χ2n) is 5.35. The van der Waals surface area contributed by atoms with Gasteiger partial charge in [0.2, 0.25) is 5.91 Å². The summed E-state index contributed by atoms with van der Waals surface area (Å²) in [4.78, 5) is 31.4. The van der Waals surface area contributed by atoms with Crippen LogP contribution in [0.4, 0.5) is 5.69 Å². The molecule has 3 aromatic rings. The van der Waals surface area contributed by atoms with E-state index in [0.29, 0.717) is 17.0 Å². The molecule has 3 rings (SSSR count). The Labute approximate surface area is 149 Å². The number of aromatic carboxylic acids is 1. The van der Waals surface area contributed by atoms with E-state index >= 15 is 0 Å². The minimum atomic E-state index is -1.06. The first-order valence-electron chi connectivity index (χ1n) is 7.78. The first-order valence-corrected chi connectivity index (χ1v) is 7.78. The molecule has 0 unspecified atom stereocenters. The molecule has 0 atom stereocenters. The second kappa shape index (κ2) is 7.89. The molecule has 1 heterocycles. The number of hydrogen-bond donors (Lipinski definition) is 2. The Hall–Kier alpha value is -3.74. The zero-order valence-corrected chi connectivity index (χ0v) is 13.6. The zero-order valence-electron chi connectivity index (χ0n) is 13.6. The Balaban J connectivity index is 1.68. The summed E-state index contributed by atoms with van der Waals surface area (Å²) >= 11 is 0. The highest BCUT2D eigenvalue weighted by atomic mass is 16.5. The molecule has 26 heavy (non-hydrogen) atoms. The van der Waals surface area contributed by atoms with Crippen LogP contribution in [0, 0.1) is 0 Å². The third-order valence-corrected chi connectivity index (χ3v) is 3.47. The van der Waals surface area contributed by atoms with Crippen LogP contribution in [0.25, 0.3) is 0 Å². The second-order valence-corrected chi connectivity index (χ2v) is 5.35. The fraction of sp³-hybridized carbons (Fsp3) is 0.0526. The van der Waals surface area contributed by atoms with Crippen molar-refractivity contribution in [2.24, 2.45) is 0 Å². The highest BCUT2D eigenvalue weighted by Crippen LogP contribution is 2.21. The third-order valence-electron chi connectivity index (χ3n) is 3.47. The van der Waals surface area contributed by atoms with Gasteiger partial charge in [0.05, 0.1) is 12.0 Å². The van der Waals surface area contributed by atoms with Gasteiger partial charge in [0.25, 0.3) is 0 Å². The highest BCUT2D eigenvalue weighted by Gasteiger charge is 2.13. The van der Waals surface area contributed by atoms with Gasteiger partial charge in [0, 0.05) is 24.1 Å². The zero-order chi connectivity index (χ0) is 18.4. The molecule has 1 aromatic heterocycles. The predicted molar refractivity (Wildman–Crippen MR) is 94.3 cm³/mol. The van der Waals surface area contributed by atoms with E-state index in [0.717, 1.165) is 0 Å². The van der Waals surface area contributed by atoms with Gasteiger partial charge in [-0.2, -0.15) is 0 Å².